The standard InChI is InChI=1S/C30H36BrN3O5S/c1-5-6-18-32-30(36)23(3)33(20-24-12-14-27(39-4)15-13-24)29(35)21-34(26-9-7-8-25(31)19-26)40(37,38)28-16-10-22(2)11-17-28/h7-17,19,23H,5-6,18,20-21H2,1-4H3,(H,32,36)/t23-/m1/s1. The normalized spacial score (nSPS) is 11.9. The number of halogens is 1. The minimum absolute atomic E-state index is 0.0675. The maximum Gasteiger partial charge on any atom is 0.264 e. The van der Waals surface area contributed by atoms with Crippen LogP contribution < -0.4 is 14.4 Å². The SMILES string of the molecule is CCCCNC(=O)[C@@H](C)N(Cc1ccc(OC)cc1)C(=O)CN(c1cccc(Br)c1)S(=O)(=O)c1ccc(C)cc1. The van der Waals surface area contributed by atoms with E-state index in [9.17, 15) is 18.0 Å². The number of hydrogen-bond acceptors (Lipinski definition) is 5. The van der Waals surface area contributed by atoms with Crippen molar-refractivity contribution in [2.24, 2.45) is 0 Å². The highest BCUT2D eigenvalue weighted by atomic mass is 79.9. The molecule has 0 saturated heterocycles. The molecule has 0 aliphatic carbocycles. The van der Waals surface area contributed by atoms with Crippen molar-refractivity contribution in [3.8, 4) is 5.75 Å². The number of sulfonamides is 1. The number of methoxy groups -OCH3 is 1. The van der Waals surface area contributed by atoms with Crippen LogP contribution in [0.4, 0.5) is 5.69 Å². The number of amides is 2. The fourth-order valence-electron chi connectivity index (χ4n) is 4.04. The van der Waals surface area contributed by atoms with Gasteiger partial charge < -0.3 is 15.0 Å². The third-order valence-corrected chi connectivity index (χ3v) is 8.77. The highest BCUT2D eigenvalue weighted by Crippen LogP contribution is 2.27. The highest BCUT2D eigenvalue weighted by Gasteiger charge is 2.32. The number of unbranched alkanes of at least 4 members (excludes halogenated alkanes) is 1. The van der Waals surface area contributed by atoms with Crippen LogP contribution in [0, 0.1) is 6.92 Å². The smallest absolute Gasteiger partial charge is 0.264 e. The van der Waals surface area contributed by atoms with E-state index in [1.54, 1.807) is 62.6 Å². The molecule has 0 bridgehead atoms. The molecule has 1 N–H and O–H groups in total. The Bertz CT molecular complexity index is 1400. The molecule has 8 nitrogen and oxygen atoms in total. The molecule has 40 heavy (non-hydrogen) atoms. The number of nitrogens with one attached hydrogen (secondary N) is 1. The van der Waals surface area contributed by atoms with E-state index in [4.69, 9.17) is 4.74 Å². The van der Waals surface area contributed by atoms with Crippen LogP contribution in [0.2, 0.25) is 0 Å². The topological polar surface area (TPSA) is 96.0 Å². The van der Waals surface area contributed by atoms with Crippen molar-refractivity contribution in [2.45, 2.75) is 51.1 Å². The summed E-state index contributed by atoms with van der Waals surface area (Å²) in [4.78, 5) is 28.5. The Morgan fingerprint density at radius 1 is 1.02 bits per heavy atom. The zero-order valence-electron chi connectivity index (χ0n) is 23.3. The van der Waals surface area contributed by atoms with Gasteiger partial charge in [0.1, 0.15) is 18.3 Å². The van der Waals surface area contributed by atoms with Crippen molar-refractivity contribution in [3.63, 3.8) is 0 Å². The summed E-state index contributed by atoms with van der Waals surface area (Å²) in [5, 5.41) is 2.89. The Labute approximate surface area is 245 Å². The van der Waals surface area contributed by atoms with Gasteiger partial charge >= 0.3 is 0 Å². The van der Waals surface area contributed by atoms with Crippen molar-refractivity contribution in [3.05, 3.63) is 88.4 Å². The fourth-order valence-corrected chi connectivity index (χ4v) is 5.84. The van der Waals surface area contributed by atoms with E-state index in [0.29, 0.717) is 22.5 Å². The van der Waals surface area contributed by atoms with E-state index >= 15 is 0 Å². The number of aryl methyl sites for hydroxylation is 1. The summed E-state index contributed by atoms with van der Waals surface area (Å²) in [6.45, 7) is 5.67. The minimum atomic E-state index is -4.11. The van der Waals surface area contributed by atoms with Gasteiger partial charge in [-0.05, 0) is 68.3 Å². The number of ether oxygens (including phenoxy) is 1. The molecule has 3 aromatic rings. The molecule has 3 rings (SSSR count). The first kappa shape index (κ1) is 31.2. The number of nitrogens with zero attached hydrogens (tertiary/aromatic N) is 2. The number of hydrogen-bond donors (Lipinski definition) is 1. The predicted octanol–water partition coefficient (Wildman–Crippen LogP) is 5.30. The van der Waals surface area contributed by atoms with Crippen molar-refractivity contribution in [1.29, 1.82) is 0 Å². The molecule has 0 aliphatic heterocycles. The van der Waals surface area contributed by atoms with Gasteiger partial charge in [0, 0.05) is 17.6 Å². The van der Waals surface area contributed by atoms with Crippen LogP contribution in [-0.2, 0) is 26.2 Å². The Kier molecular flexibility index (Phi) is 11.2. The van der Waals surface area contributed by atoms with Gasteiger partial charge in [-0.25, -0.2) is 8.42 Å². The van der Waals surface area contributed by atoms with Crippen LogP contribution in [0.15, 0.2) is 82.2 Å². The van der Waals surface area contributed by atoms with Crippen molar-refractivity contribution in [2.75, 3.05) is 24.5 Å². The molecule has 2 amide bonds. The first-order valence-corrected chi connectivity index (χ1v) is 15.3. The maximum absolute atomic E-state index is 14.0. The molecule has 0 heterocycles. The molecule has 0 aromatic heterocycles. The van der Waals surface area contributed by atoms with Gasteiger partial charge in [0.2, 0.25) is 11.8 Å². The van der Waals surface area contributed by atoms with Crippen LogP contribution in [-0.4, -0.2) is 51.4 Å². The number of carbonyl (C=O) groups excluding carboxylic acids is 2. The molecular formula is C30H36BrN3O5S. The summed E-state index contributed by atoms with van der Waals surface area (Å²) < 4.78 is 34.7. The Morgan fingerprint density at radius 3 is 2.30 bits per heavy atom. The van der Waals surface area contributed by atoms with Gasteiger partial charge in [0.25, 0.3) is 10.0 Å². The Morgan fingerprint density at radius 2 is 1.70 bits per heavy atom. The second-order valence-electron chi connectivity index (χ2n) is 9.49. The summed E-state index contributed by atoms with van der Waals surface area (Å²) in [5.41, 5.74) is 2.02. The second kappa shape index (κ2) is 14.3. The third-order valence-electron chi connectivity index (χ3n) is 6.49. The third kappa shape index (κ3) is 8.08. The largest absolute Gasteiger partial charge is 0.497 e. The van der Waals surface area contributed by atoms with Crippen molar-refractivity contribution >= 4 is 43.5 Å². The van der Waals surface area contributed by atoms with Crippen molar-refractivity contribution < 1.29 is 22.7 Å². The molecule has 3 aromatic carbocycles. The van der Waals surface area contributed by atoms with Gasteiger partial charge in [-0.3, -0.25) is 13.9 Å². The van der Waals surface area contributed by atoms with Crippen LogP contribution in [0.5, 0.6) is 5.75 Å². The van der Waals surface area contributed by atoms with E-state index in [-0.39, 0.29) is 17.3 Å². The van der Waals surface area contributed by atoms with Gasteiger partial charge in [0.15, 0.2) is 0 Å². The lowest BCUT2D eigenvalue weighted by molar-refractivity contribution is -0.139. The monoisotopic (exact) mass is 629 g/mol. The van der Waals surface area contributed by atoms with Crippen LogP contribution in [0.3, 0.4) is 0 Å². The number of anilines is 1. The number of rotatable bonds is 13. The fraction of sp³-hybridized carbons (Fsp3) is 0.333. The molecule has 0 aliphatic rings. The van der Waals surface area contributed by atoms with E-state index < -0.39 is 28.5 Å². The highest BCUT2D eigenvalue weighted by molar-refractivity contribution is 9.10. The minimum Gasteiger partial charge on any atom is -0.497 e. The van der Waals surface area contributed by atoms with Crippen LogP contribution >= 0.6 is 15.9 Å². The predicted molar refractivity (Wildman–Crippen MR) is 161 cm³/mol. The van der Waals surface area contributed by atoms with Crippen LogP contribution in [0.1, 0.15) is 37.8 Å². The number of benzene rings is 3. The van der Waals surface area contributed by atoms with Gasteiger partial charge in [-0.15, -0.1) is 0 Å². The summed E-state index contributed by atoms with van der Waals surface area (Å²) in [6, 6.07) is 19.6. The van der Waals surface area contributed by atoms with Crippen molar-refractivity contribution in [1.82, 2.24) is 10.2 Å². The molecule has 0 fully saturated rings. The summed E-state index contributed by atoms with van der Waals surface area (Å²) in [5.74, 6) is -0.146. The average molecular weight is 631 g/mol. The van der Waals surface area contributed by atoms with Gasteiger partial charge in [0.05, 0.1) is 17.7 Å². The first-order chi connectivity index (χ1) is 19.1. The summed E-state index contributed by atoms with van der Waals surface area (Å²) in [7, 11) is -2.55. The number of carbonyl (C=O) groups is 2. The van der Waals surface area contributed by atoms with Gasteiger partial charge in [-0.1, -0.05) is 65.2 Å². The second-order valence-corrected chi connectivity index (χ2v) is 12.3. The summed E-state index contributed by atoms with van der Waals surface area (Å²) in [6.07, 6.45) is 1.73. The summed E-state index contributed by atoms with van der Waals surface area (Å²) >= 11 is 3.41. The molecular weight excluding hydrogens is 594 g/mol. The first-order valence-electron chi connectivity index (χ1n) is 13.1. The molecule has 0 saturated carbocycles. The van der Waals surface area contributed by atoms with E-state index in [2.05, 4.69) is 21.2 Å². The average Bonchev–Trinajstić information content (AvgIpc) is 2.94. The molecule has 0 unspecified atom stereocenters. The lowest BCUT2D eigenvalue weighted by Gasteiger charge is -2.32. The molecule has 0 spiro atoms. The van der Waals surface area contributed by atoms with E-state index in [0.717, 1.165) is 28.3 Å². The lowest BCUT2D eigenvalue weighted by Crippen LogP contribution is -2.51. The molecule has 10 heteroatoms. The molecule has 1 atom stereocenters. The Balaban J connectivity index is 1.99. The zero-order chi connectivity index (χ0) is 29.3. The van der Waals surface area contributed by atoms with Gasteiger partial charge in [-0.2, -0.15) is 0 Å². The Hall–Kier alpha value is -3.37. The lowest BCUT2D eigenvalue weighted by atomic mass is 10.1. The van der Waals surface area contributed by atoms with E-state index in [1.807, 2.05) is 26.0 Å². The quantitative estimate of drug-likeness (QED) is 0.259. The van der Waals surface area contributed by atoms with Crippen LogP contribution in [0.25, 0.3) is 0 Å². The molecule has 0 radical (unpaired) electrons. The zero-order valence-corrected chi connectivity index (χ0v) is 25.7. The maximum atomic E-state index is 14.0. The molecule has 214 valence electrons. The van der Waals surface area contributed by atoms with E-state index in [1.165, 1.54) is 17.0 Å².